The van der Waals surface area contributed by atoms with Crippen LogP contribution in [0.1, 0.15) is 21.6 Å². The summed E-state index contributed by atoms with van der Waals surface area (Å²) >= 11 is 15.4. The van der Waals surface area contributed by atoms with Gasteiger partial charge in [-0.25, -0.2) is 9.78 Å². The van der Waals surface area contributed by atoms with E-state index >= 15 is 0 Å². The van der Waals surface area contributed by atoms with Crippen molar-refractivity contribution in [2.75, 3.05) is 0 Å². The highest BCUT2D eigenvalue weighted by Gasteiger charge is 2.11. The van der Waals surface area contributed by atoms with Crippen LogP contribution in [0.15, 0.2) is 46.9 Å². The van der Waals surface area contributed by atoms with Crippen molar-refractivity contribution in [3.63, 3.8) is 0 Å². The monoisotopic (exact) mass is 421 g/mol. The van der Waals surface area contributed by atoms with Crippen molar-refractivity contribution in [1.82, 2.24) is 4.98 Å². The molecule has 0 atom stereocenters. The van der Waals surface area contributed by atoms with E-state index in [0.717, 1.165) is 10.0 Å². The Morgan fingerprint density at radius 1 is 1.08 bits per heavy atom. The Morgan fingerprint density at radius 3 is 2.58 bits per heavy atom. The van der Waals surface area contributed by atoms with Crippen molar-refractivity contribution in [3.8, 4) is 0 Å². The van der Waals surface area contributed by atoms with Gasteiger partial charge < -0.3 is 5.11 Å². The quantitative estimate of drug-likeness (QED) is 0.548. The van der Waals surface area contributed by atoms with Gasteiger partial charge in [0.25, 0.3) is 0 Å². The fourth-order valence-corrected chi connectivity index (χ4v) is 3.13. The summed E-state index contributed by atoms with van der Waals surface area (Å²) in [5, 5.41) is 11.1. The molecule has 1 N–H and O–H groups in total. The minimum atomic E-state index is -1.00. The molecule has 0 amide bonds. The number of rotatable bonds is 3. The van der Waals surface area contributed by atoms with Gasteiger partial charge >= 0.3 is 5.97 Å². The number of aromatic nitrogens is 1. The van der Waals surface area contributed by atoms with Crippen LogP contribution in [0.2, 0.25) is 10.0 Å². The number of benzene rings is 2. The third-order valence-corrected chi connectivity index (χ3v) is 4.47. The molecule has 0 aliphatic rings. The highest BCUT2D eigenvalue weighted by molar-refractivity contribution is 9.10. The van der Waals surface area contributed by atoms with E-state index in [1.807, 2.05) is 6.07 Å². The van der Waals surface area contributed by atoms with Gasteiger partial charge in [-0.2, -0.15) is 0 Å². The van der Waals surface area contributed by atoms with Crippen LogP contribution in [0.4, 0.5) is 0 Å². The second-order valence-corrected chi connectivity index (χ2v) is 6.82. The molecule has 0 aliphatic carbocycles. The van der Waals surface area contributed by atoms with E-state index in [1.54, 1.807) is 42.5 Å². The zero-order chi connectivity index (χ0) is 17.3. The molecule has 0 fully saturated rings. The second-order valence-electron chi connectivity index (χ2n) is 5.06. The predicted octanol–water partition coefficient (Wildman–Crippen LogP) is 6.17. The van der Waals surface area contributed by atoms with Crippen LogP contribution in [0.5, 0.6) is 0 Å². The number of carboxylic acid groups (broad SMARTS) is 1. The van der Waals surface area contributed by atoms with Crippen molar-refractivity contribution >= 4 is 68.2 Å². The van der Waals surface area contributed by atoms with Gasteiger partial charge in [0.1, 0.15) is 0 Å². The van der Waals surface area contributed by atoms with Crippen molar-refractivity contribution in [2.45, 2.75) is 0 Å². The first-order chi connectivity index (χ1) is 11.4. The normalized spacial score (nSPS) is 11.3. The van der Waals surface area contributed by atoms with Crippen LogP contribution in [0.3, 0.4) is 0 Å². The van der Waals surface area contributed by atoms with Crippen molar-refractivity contribution in [1.29, 1.82) is 0 Å². The van der Waals surface area contributed by atoms with E-state index in [9.17, 15) is 9.90 Å². The summed E-state index contributed by atoms with van der Waals surface area (Å²) in [7, 11) is 0. The molecule has 24 heavy (non-hydrogen) atoms. The van der Waals surface area contributed by atoms with Crippen molar-refractivity contribution in [2.24, 2.45) is 0 Å². The van der Waals surface area contributed by atoms with Crippen LogP contribution in [0.25, 0.3) is 23.1 Å². The van der Waals surface area contributed by atoms with Gasteiger partial charge in [-0.15, -0.1) is 0 Å². The van der Waals surface area contributed by atoms with Gasteiger partial charge in [-0.3, -0.25) is 0 Å². The lowest BCUT2D eigenvalue weighted by molar-refractivity contribution is 0.0699. The van der Waals surface area contributed by atoms with Gasteiger partial charge in [0, 0.05) is 19.9 Å². The molecule has 1 heterocycles. The standard InChI is InChI=1S/C18H10BrCl2NO2/c19-11-3-6-17-14(7-11)15(18(23)24)9-13(22-17)5-2-10-1-4-12(20)8-16(10)21/h1-9H,(H,23,24). The smallest absolute Gasteiger partial charge is 0.336 e. The molecule has 3 nitrogen and oxygen atoms in total. The Bertz CT molecular complexity index is 986. The lowest BCUT2D eigenvalue weighted by Crippen LogP contribution is -2.00. The number of fused-ring (bicyclic) bond motifs is 1. The van der Waals surface area contributed by atoms with Crippen LogP contribution in [0, 0.1) is 0 Å². The Hall–Kier alpha value is -1.88. The topological polar surface area (TPSA) is 50.2 Å². The van der Waals surface area contributed by atoms with Crippen molar-refractivity contribution in [3.05, 3.63) is 73.8 Å². The Labute approximate surface area is 156 Å². The number of aromatic carboxylic acids is 1. The van der Waals surface area contributed by atoms with Gasteiger partial charge in [0.05, 0.1) is 16.8 Å². The molecule has 0 unspecified atom stereocenters. The van der Waals surface area contributed by atoms with E-state index < -0.39 is 5.97 Å². The molecule has 0 radical (unpaired) electrons. The average Bonchev–Trinajstić information content (AvgIpc) is 2.53. The fraction of sp³-hybridized carbons (Fsp3) is 0. The van der Waals surface area contributed by atoms with E-state index in [2.05, 4.69) is 20.9 Å². The van der Waals surface area contributed by atoms with Crippen LogP contribution < -0.4 is 0 Å². The second kappa shape index (κ2) is 6.93. The first kappa shape index (κ1) is 17.0. The third kappa shape index (κ3) is 3.61. The van der Waals surface area contributed by atoms with E-state index in [-0.39, 0.29) is 5.56 Å². The number of halogens is 3. The predicted molar refractivity (Wildman–Crippen MR) is 102 cm³/mol. The summed E-state index contributed by atoms with van der Waals surface area (Å²) in [6.45, 7) is 0. The molecular weight excluding hydrogens is 413 g/mol. The molecule has 3 aromatic rings. The van der Waals surface area contributed by atoms with Gasteiger partial charge in [-0.05, 0) is 48.0 Å². The highest BCUT2D eigenvalue weighted by Crippen LogP contribution is 2.25. The van der Waals surface area contributed by atoms with Gasteiger partial charge in [-0.1, -0.05) is 51.3 Å². The third-order valence-electron chi connectivity index (χ3n) is 3.42. The summed E-state index contributed by atoms with van der Waals surface area (Å²) in [4.78, 5) is 16.0. The minimum absolute atomic E-state index is 0.197. The molecule has 0 saturated heterocycles. The number of carboxylic acids is 1. The summed E-state index contributed by atoms with van der Waals surface area (Å²) in [5.41, 5.74) is 2.12. The molecule has 6 heteroatoms. The summed E-state index contributed by atoms with van der Waals surface area (Å²) in [6.07, 6.45) is 3.50. The zero-order valence-electron chi connectivity index (χ0n) is 12.1. The van der Waals surface area contributed by atoms with Crippen LogP contribution >= 0.6 is 39.1 Å². The van der Waals surface area contributed by atoms with Crippen LogP contribution in [-0.4, -0.2) is 16.1 Å². The first-order valence-electron chi connectivity index (χ1n) is 6.91. The number of hydrogen-bond donors (Lipinski definition) is 1. The number of carbonyl (C=O) groups is 1. The maximum absolute atomic E-state index is 11.5. The van der Waals surface area contributed by atoms with E-state index in [4.69, 9.17) is 23.2 Å². The van der Waals surface area contributed by atoms with E-state index in [0.29, 0.717) is 26.6 Å². The molecular formula is C18H10BrCl2NO2. The molecule has 1 aromatic heterocycles. The molecule has 0 bridgehead atoms. The Kier molecular flexibility index (Phi) is 4.90. The maximum atomic E-state index is 11.5. The maximum Gasteiger partial charge on any atom is 0.336 e. The summed E-state index contributed by atoms with van der Waals surface area (Å²) in [5.74, 6) is -1.00. The number of hydrogen-bond acceptors (Lipinski definition) is 2. The summed E-state index contributed by atoms with van der Waals surface area (Å²) in [6, 6.07) is 12.1. The Morgan fingerprint density at radius 2 is 1.88 bits per heavy atom. The minimum Gasteiger partial charge on any atom is -0.478 e. The SMILES string of the molecule is O=C(O)c1cc(C=Cc2ccc(Cl)cc2Cl)nc2ccc(Br)cc12. The number of pyridine rings is 1. The van der Waals surface area contributed by atoms with Crippen LogP contribution in [-0.2, 0) is 0 Å². The lowest BCUT2D eigenvalue weighted by Gasteiger charge is -2.05. The molecule has 3 rings (SSSR count). The van der Waals surface area contributed by atoms with Gasteiger partial charge in [0.2, 0.25) is 0 Å². The lowest BCUT2D eigenvalue weighted by atomic mass is 10.1. The Balaban J connectivity index is 2.08. The fourth-order valence-electron chi connectivity index (χ4n) is 2.29. The number of nitrogens with zero attached hydrogens (tertiary/aromatic N) is 1. The molecule has 0 aliphatic heterocycles. The molecule has 120 valence electrons. The largest absolute Gasteiger partial charge is 0.478 e. The first-order valence-corrected chi connectivity index (χ1v) is 8.45. The highest BCUT2D eigenvalue weighted by atomic mass is 79.9. The average molecular weight is 423 g/mol. The van der Waals surface area contributed by atoms with E-state index in [1.165, 1.54) is 6.07 Å². The molecule has 0 saturated carbocycles. The van der Waals surface area contributed by atoms with Gasteiger partial charge in [0.15, 0.2) is 0 Å². The molecule has 2 aromatic carbocycles. The summed E-state index contributed by atoms with van der Waals surface area (Å²) < 4.78 is 0.801. The van der Waals surface area contributed by atoms with Crippen molar-refractivity contribution < 1.29 is 9.90 Å². The zero-order valence-corrected chi connectivity index (χ0v) is 15.2. The molecule has 0 spiro atoms.